The number of hydrogen-bond acceptors (Lipinski definition) is 5. The molecule has 1 fully saturated rings. The van der Waals surface area contributed by atoms with Gasteiger partial charge in [-0.25, -0.2) is 9.18 Å². The Morgan fingerprint density at radius 3 is 2.27 bits per heavy atom. The van der Waals surface area contributed by atoms with Crippen molar-refractivity contribution in [2.45, 2.75) is 18.3 Å². The first-order valence-electron chi connectivity index (χ1n) is 9.52. The Balaban J connectivity index is 1.82. The number of urea groups is 1. The molecule has 0 radical (unpaired) electrons. The maximum atomic E-state index is 13.9. The standard InChI is InChI=1S/C21H19F4N3O5/c1-32-15-8-3-12(11-16(15)33-2)9-10-28-18(30)20(21(23,24)25,27-19(28)31)26-17(29)13-4-6-14(22)7-5-13/h3-8,11H,9-10H2,1-2H3,(H,26,29)(H,27,31)/t20-/m1/s1. The number of methoxy groups -OCH3 is 2. The zero-order chi connectivity index (χ0) is 24.4. The molecular weight excluding hydrogens is 450 g/mol. The molecule has 0 unspecified atom stereocenters. The third kappa shape index (κ3) is 4.54. The van der Waals surface area contributed by atoms with Gasteiger partial charge in [-0.15, -0.1) is 0 Å². The van der Waals surface area contributed by atoms with Gasteiger partial charge in [-0.3, -0.25) is 19.8 Å². The fraction of sp³-hybridized carbons (Fsp3) is 0.286. The Hall–Kier alpha value is -3.83. The molecule has 2 N–H and O–H groups in total. The van der Waals surface area contributed by atoms with E-state index in [0.717, 1.165) is 24.3 Å². The third-order valence-electron chi connectivity index (χ3n) is 5.01. The number of hydrogen-bond donors (Lipinski definition) is 2. The van der Waals surface area contributed by atoms with Crippen LogP contribution in [0.5, 0.6) is 11.5 Å². The van der Waals surface area contributed by atoms with Crippen LogP contribution in [0.15, 0.2) is 42.5 Å². The second kappa shape index (κ2) is 8.96. The lowest BCUT2D eigenvalue weighted by Crippen LogP contribution is -2.69. The van der Waals surface area contributed by atoms with Crippen LogP contribution in [0.4, 0.5) is 22.4 Å². The van der Waals surface area contributed by atoms with E-state index in [-0.39, 0.29) is 12.0 Å². The smallest absolute Gasteiger partial charge is 0.440 e. The molecule has 1 heterocycles. The lowest BCUT2D eigenvalue weighted by molar-refractivity contribution is -0.200. The summed E-state index contributed by atoms with van der Waals surface area (Å²) in [4.78, 5) is 37.8. The Kier molecular flexibility index (Phi) is 6.47. The van der Waals surface area contributed by atoms with E-state index in [4.69, 9.17) is 9.47 Å². The van der Waals surface area contributed by atoms with Crippen LogP contribution in [0.25, 0.3) is 0 Å². The van der Waals surface area contributed by atoms with Crippen molar-refractivity contribution in [1.82, 2.24) is 15.5 Å². The molecule has 1 aliphatic rings. The van der Waals surface area contributed by atoms with Gasteiger partial charge in [-0.2, -0.15) is 13.2 Å². The summed E-state index contributed by atoms with van der Waals surface area (Å²) in [6.45, 7) is -0.398. The largest absolute Gasteiger partial charge is 0.493 e. The van der Waals surface area contributed by atoms with Crippen molar-refractivity contribution in [2.24, 2.45) is 0 Å². The number of carbonyl (C=O) groups is 3. The van der Waals surface area contributed by atoms with Crippen molar-refractivity contribution in [1.29, 1.82) is 0 Å². The number of carbonyl (C=O) groups excluding carboxylic acids is 3. The highest BCUT2D eigenvalue weighted by Gasteiger charge is 2.68. The summed E-state index contributed by atoms with van der Waals surface area (Å²) in [5, 5.41) is 3.12. The summed E-state index contributed by atoms with van der Waals surface area (Å²) in [7, 11) is 2.84. The van der Waals surface area contributed by atoms with Crippen LogP contribution in [0.2, 0.25) is 0 Å². The zero-order valence-corrected chi connectivity index (χ0v) is 17.5. The number of amides is 4. The monoisotopic (exact) mass is 469 g/mol. The molecule has 2 aromatic carbocycles. The number of ether oxygens (including phenoxy) is 2. The van der Waals surface area contributed by atoms with Crippen LogP contribution in [0.1, 0.15) is 15.9 Å². The van der Waals surface area contributed by atoms with Crippen LogP contribution < -0.4 is 20.1 Å². The predicted octanol–water partition coefficient (Wildman–Crippen LogP) is 2.63. The molecule has 3 rings (SSSR count). The highest BCUT2D eigenvalue weighted by atomic mass is 19.4. The summed E-state index contributed by atoms with van der Waals surface area (Å²) < 4.78 is 65.1. The molecule has 0 aliphatic carbocycles. The fourth-order valence-electron chi connectivity index (χ4n) is 3.25. The molecule has 1 aliphatic heterocycles. The molecule has 4 amide bonds. The summed E-state index contributed by atoms with van der Waals surface area (Å²) in [6, 6.07) is 7.06. The molecule has 0 aromatic heterocycles. The summed E-state index contributed by atoms with van der Waals surface area (Å²) in [6.07, 6.45) is -5.34. The van der Waals surface area contributed by atoms with E-state index in [1.807, 2.05) is 0 Å². The normalized spacial score (nSPS) is 18.2. The Morgan fingerprint density at radius 1 is 1.06 bits per heavy atom. The van der Waals surface area contributed by atoms with E-state index >= 15 is 0 Å². The zero-order valence-electron chi connectivity index (χ0n) is 17.5. The lowest BCUT2D eigenvalue weighted by atomic mass is 10.1. The highest BCUT2D eigenvalue weighted by Crippen LogP contribution is 2.34. The Bertz CT molecular complexity index is 1070. The SMILES string of the molecule is COc1ccc(CCN2C(=O)N[C@@](NC(=O)c3ccc(F)cc3)(C(F)(F)F)C2=O)cc1OC. The molecule has 33 heavy (non-hydrogen) atoms. The lowest BCUT2D eigenvalue weighted by Gasteiger charge is -2.29. The van der Waals surface area contributed by atoms with E-state index in [1.165, 1.54) is 14.2 Å². The van der Waals surface area contributed by atoms with Gasteiger partial charge in [0.2, 0.25) is 0 Å². The molecule has 12 heteroatoms. The second-order valence-corrected chi connectivity index (χ2v) is 7.04. The van der Waals surface area contributed by atoms with Gasteiger partial charge in [-0.05, 0) is 48.4 Å². The minimum absolute atomic E-state index is 0.0133. The summed E-state index contributed by atoms with van der Waals surface area (Å²) in [5.74, 6) is -2.92. The van der Waals surface area contributed by atoms with Gasteiger partial charge in [-0.1, -0.05) is 6.07 Å². The van der Waals surface area contributed by atoms with Gasteiger partial charge in [0.25, 0.3) is 17.5 Å². The van der Waals surface area contributed by atoms with E-state index in [2.05, 4.69) is 0 Å². The van der Waals surface area contributed by atoms with Crippen LogP contribution in [-0.2, 0) is 11.2 Å². The molecule has 1 atom stereocenters. The maximum absolute atomic E-state index is 13.9. The minimum atomic E-state index is -5.35. The van der Waals surface area contributed by atoms with Crippen LogP contribution in [0.3, 0.4) is 0 Å². The van der Waals surface area contributed by atoms with Crippen LogP contribution in [-0.4, -0.2) is 55.3 Å². The fourth-order valence-corrected chi connectivity index (χ4v) is 3.25. The van der Waals surface area contributed by atoms with Crippen molar-refractivity contribution in [3.05, 3.63) is 59.4 Å². The first-order chi connectivity index (χ1) is 15.5. The topological polar surface area (TPSA) is 97.0 Å². The summed E-state index contributed by atoms with van der Waals surface area (Å²) >= 11 is 0. The van der Waals surface area contributed by atoms with E-state index in [1.54, 1.807) is 28.8 Å². The number of alkyl halides is 3. The molecule has 0 spiro atoms. The van der Waals surface area contributed by atoms with Crippen molar-refractivity contribution >= 4 is 17.8 Å². The molecule has 2 aromatic rings. The average Bonchev–Trinajstić information content (AvgIpc) is 3.02. The van der Waals surface area contributed by atoms with Gasteiger partial charge >= 0.3 is 12.2 Å². The van der Waals surface area contributed by atoms with Gasteiger partial charge in [0.1, 0.15) is 5.82 Å². The number of halogens is 4. The summed E-state index contributed by atoms with van der Waals surface area (Å²) in [5.41, 5.74) is -3.42. The number of nitrogens with zero attached hydrogens (tertiary/aromatic N) is 1. The van der Waals surface area contributed by atoms with E-state index in [0.29, 0.717) is 22.0 Å². The quantitative estimate of drug-likeness (QED) is 0.480. The van der Waals surface area contributed by atoms with Gasteiger partial charge in [0, 0.05) is 12.1 Å². The van der Waals surface area contributed by atoms with Crippen molar-refractivity contribution in [3.63, 3.8) is 0 Å². The van der Waals surface area contributed by atoms with Crippen molar-refractivity contribution in [2.75, 3.05) is 20.8 Å². The molecule has 8 nitrogen and oxygen atoms in total. The maximum Gasteiger partial charge on any atom is 0.440 e. The highest BCUT2D eigenvalue weighted by molar-refractivity contribution is 6.10. The van der Waals surface area contributed by atoms with Crippen molar-refractivity contribution < 1.29 is 41.4 Å². The molecule has 176 valence electrons. The predicted molar refractivity (Wildman–Crippen MR) is 106 cm³/mol. The van der Waals surface area contributed by atoms with E-state index in [9.17, 15) is 31.9 Å². The average molecular weight is 469 g/mol. The van der Waals surface area contributed by atoms with Crippen molar-refractivity contribution in [3.8, 4) is 11.5 Å². The first-order valence-corrected chi connectivity index (χ1v) is 9.52. The third-order valence-corrected chi connectivity index (χ3v) is 5.01. The van der Waals surface area contributed by atoms with Gasteiger partial charge in [0.15, 0.2) is 11.5 Å². The molecular formula is C21H19F4N3O5. The van der Waals surface area contributed by atoms with Gasteiger partial charge < -0.3 is 14.8 Å². The number of benzene rings is 2. The number of nitrogens with one attached hydrogen (secondary N) is 2. The number of rotatable bonds is 7. The van der Waals surface area contributed by atoms with Crippen LogP contribution >= 0.6 is 0 Å². The van der Waals surface area contributed by atoms with Crippen LogP contribution in [0, 0.1) is 5.82 Å². The van der Waals surface area contributed by atoms with Gasteiger partial charge in [0.05, 0.1) is 14.2 Å². The minimum Gasteiger partial charge on any atom is -0.493 e. The molecule has 1 saturated heterocycles. The molecule has 0 saturated carbocycles. The molecule has 0 bridgehead atoms. The Labute approximate surface area is 185 Å². The first kappa shape index (κ1) is 23.8. The Morgan fingerprint density at radius 2 is 1.70 bits per heavy atom. The number of imide groups is 1. The second-order valence-electron chi connectivity index (χ2n) is 7.04. The van der Waals surface area contributed by atoms with E-state index < -0.39 is 42.0 Å².